The molecule has 2 aliphatic heterocycles. The van der Waals surface area contributed by atoms with Crippen LogP contribution in [0, 0.1) is 6.92 Å². The molecule has 2 aromatic rings. The normalized spacial score (nSPS) is 21.0. The Kier molecular flexibility index (Phi) is 5.99. The van der Waals surface area contributed by atoms with Crippen LogP contribution in [0.1, 0.15) is 22.7 Å². The molecule has 14 heteroatoms. The molecule has 0 aromatic carbocycles. The van der Waals surface area contributed by atoms with E-state index < -0.39 is 22.6 Å². The highest BCUT2D eigenvalue weighted by molar-refractivity contribution is 8.00. The van der Waals surface area contributed by atoms with Crippen molar-refractivity contribution in [1.82, 2.24) is 20.2 Å². The number of anilines is 1. The molecular weight excluding hydrogens is 476 g/mol. The Morgan fingerprint density at radius 2 is 2.16 bits per heavy atom. The maximum absolute atomic E-state index is 12.9. The lowest BCUT2D eigenvalue weighted by Crippen LogP contribution is -2.57. The number of aromatic nitrogens is 2. The molecule has 11 nitrogen and oxygen atoms in total. The number of rotatable bonds is 6. The van der Waals surface area contributed by atoms with Crippen LogP contribution in [0.15, 0.2) is 33.4 Å². The number of hydrogen-bond donors (Lipinski definition) is 4. The van der Waals surface area contributed by atoms with Gasteiger partial charge in [0.05, 0.1) is 23.0 Å². The van der Waals surface area contributed by atoms with Gasteiger partial charge in [-0.2, -0.15) is 0 Å². The van der Waals surface area contributed by atoms with Crippen molar-refractivity contribution in [3.63, 3.8) is 0 Å². The fourth-order valence-electron chi connectivity index (χ4n) is 3.20. The number of nitrogen functional groups attached to an aromatic ring is 1. The van der Waals surface area contributed by atoms with E-state index in [1.807, 2.05) is 6.92 Å². The lowest BCUT2D eigenvalue weighted by atomic mass is 10.1. The van der Waals surface area contributed by atoms with Crippen molar-refractivity contribution in [3.8, 4) is 0 Å². The van der Waals surface area contributed by atoms with Crippen molar-refractivity contribution < 1.29 is 24.7 Å². The molecule has 1 saturated heterocycles. The van der Waals surface area contributed by atoms with E-state index in [0.717, 1.165) is 21.9 Å². The minimum absolute atomic E-state index is 0.0913. The van der Waals surface area contributed by atoms with Crippen LogP contribution < -0.4 is 11.1 Å². The quantitative estimate of drug-likeness (QED) is 0.202. The highest BCUT2D eigenvalue weighted by Gasteiger charge is 2.48. The number of hydrogen-bond acceptors (Lipinski definition) is 11. The Hall–Kier alpha value is -3.23. The van der Waals surface area contributed by atoms with Gasteiger partial charge < -0.3 is 21.4 Å². The number of aliphatic carboxylic acids is 1. The van der Waals surface area contributed by atoms with Crippen LogP contribution in [-0.4, -0.2) is 59.4 Å². The first-order valence-electron chi connectivity index (χ1n) is 9.07. The van der Waals surface area contributed by atoms with Gasteiger partial charge in [-0.1, -0.05) is 11.2 Å². The van der Waals surface area contributed by atoms with E-state index in [4.69, 9.17) is 5.73 Å². The molecule has 1 unspecified atom stereocenters. The number of β-lactam (4-membered cyclic amide) rings is 1. The van der Waals surface area contributed by atoms with E-state index in [2.05, 4.69) is 20.4 Å². The minimum atomic E-state index is -1.29. The largest absolute Gasteiger partial charge is 0.477 e. The number of amides is 2. The number of thiazole rings is 2. The standard InChI is InChI=1S/C18H16N6O5S3/c1-7-10(31-6-20-7)3-2-8-14(17(27)28)24-11(25)4-12(24)32-16(8)22-15(26)13(23-29)9-5-30-18(19)21-9/h2-3,5-6,12,16,29H,4H2,1H3,(H2,19,21)(H,22,26)(H,27,28)/t12-,16?/m0/s1. The molecule has 166 valence electrons. The smallest absolute Gasteiger partial charge is 0.353 e. The Bertz CT molecular complexity index is 1200. The molecule has 4 rings (SSSR count). The SMILES string of the molecule is Cc1ncsc1C=CC1=C(C(=O)O)N2C(=O)C[C@@H]2SC1NC(=O)C(=NO)c1csc(N)n1. The Morgan fingerprint density at radius 1 is 1.38 bits per heavy atom. The van der Waals surface area contributed by atoms with E-state index in [-0.39, 0.29) is 40.1 Å². The first-order valence-corrected chi connectivity index (χ1v) is 11.8. The monoisotopic (exact) mass is 492 g/mol. The zero-order chi connectivity index (χ0) is 23.0. The fraction of sp³-hybridized carbons (Fsp3) is 0.222. The first-order chi connectivity index (χ1) is 15.3. The third kappa shape index (κ3) is 3.99. The summed E-state index contributed by atoms with van der Waals surface area (Å²) < 4.78 is 0. The van der Waals surface area contributed by atoms with Crippen molar-refractivity contribution >= 4 is 69.1 Å². The molecule has 5 N–H and O–H groups in total. The van der Waals surface area contributed by atoms with Gasteiger partial charge in [0.2, 0.25) is 5.91 Å². The first kappa shape index (κ1) is 22.0. The second-order valence-corrected chi connectivity index (χ2v) is 9.74. The highest BCUT2D eigenvalue weighted by atomic mass is 32.2. The number of nitrogens with zero attached hydrogens (tertiary/aromatic N) is 4. The molecule has 2 aliphatic rings. The van der Waals surface area contributed by atoms with Crippen molar-refractivity contribution in [1.29, 1.82) is 0 Å². The molecule has 0 spiro atoms. The molecule has 32 heavy (non-hydrogen) atoms. The second-order valence-electron chi connectivity index (χ2n) is 6.68. The van der Waals surface area contributed by atoms with Gasteiger partial charge in [-0.3, -0.25) is 14.5 Å². The zero-order valence-electron chi connectivity index (χ0n) is 16.4. The number of fused-ring (bicyclic) bond motifs is 1. The van der Waals surface area contributed by atoms with Gasteiger partial charge in [0.1, 0.15) is 16.8 Å². The van der Waals surface area contributed by atoms with Gasteiger partial charge in [0, 0.05) is 15.8 Å². The average Bonchev–Trinajstić information content (AvgIpc) is 3.34. The Morgan fingerprint density at radius 3 is 2.72 bits per heavy atom. The van der Waals surface area contributed by atoms with Crippen LogP contribution in [0.3, 0.4) is 0 Å². The van der Waals surface area contributed by atoms with Crippen LogP contribution in [0.2, 0.25) is 0 Å². The van der Waals surface area contributed by atoms with Gasteiger partial charge in [-0.25, -0.2) is 14.8 Å². The van der Waals surface area contributed by atoms with Gasteiger partial charge in [0.25, 0.3) is 5.91 Å². The van der Waals surface area contributed by atoms with Crippen LogP contribution >= 0.6 is 34.4 Å². The number of carbonyl (C=O) groups excluding carboxylic acids is 2. The molecule has 0 radical (unpaired) electrons. The van der Waals surface area contributed by atoms with Gasteiger partial charge >= 0.3 is 5.97 Å². The van der Waals surface area contributed by atoms with E-state index in [1.165, 1.54) is 33.4 Å². The van der Waals surface area contributed by atoms with Gasteiger partial charge in [-0.05, 0) is 13.0 Å². The topological polar surface area (TPSA) is 171 Å². The van der Waals surface area contributed by atoms with Crippen LogP contribution in [0.4, 0.5) is 5.13 Å². The molecule has 0 bridgehead atoms. The molecule has 0 aliphatic carbocycles. The number of oxime groups is 1. The number of carboxylic acids is 1. The van der Waals surface area contributed by atoms with Crippen LogP contribution in [0.25, 0.3) is 6.08 Å². The zero-order valence-corrected chi connectivity index (χ0v) is 18.8. The maximum Gasteiger partial charge on any atom is 0.353 e. The van der Waals surface area contributed by atoms with Crippen molar-refractivity contribution in [2.45, 2.75) is 24.1 Å². The summed E-state index contributed by atoms with van der Waals surface area (Å²) >= 11 is 3.67. The number of nitrogens with one attached hydrogen (secondary N) is 1. The summed E-state index contributed by atoms with van der Waals surface area (Å²) in [5.41, 5.74) is 7.78. The fourth-order valence-corrected chi connectivity index (χ4v) is 5.85. The van der Waals surface area contributed by atoms with Gasteiger partial charge in [0.15, 0.2) is 10.8 Å². The highest BCUT2D eigenvalue weighted by Crippen LogP contribution is 2.43. The van der Waals surface area contributed by atoms with Gasteiger partial charge in [-0.15, -0.1) is 34.4 Å². The van der Waals surface area contributed by atoms with Crippen LogP contribution in [0.5, 0.6) is 0 Å². The van der Waals surface area contributed by atoms with E-state index in [9.17, 15) is 24.7 Å². The Balaban J connectivity index is 1.70. The minimum Gasteiger partial charge on any atom is -0.477 e. The van der Waals surface area contributed by atoms with Crippen molar-refractivity contribution in [2.24, 2.45) is 5.16 Å². The van der Waals surface area contributed by atoms with E-state index >= 15 is 0 Å². The summed E-state index contributed by atoms with van der Waals surface area (Å²) in [6.07, 6.45) is 3.40. The summed E-state index contributed by atoms with van der Waals surface area (Å²) in [4.78, 5) is 47.2. The van der Waals surface area contributed by atoms with E-state index in [0.29, 0.717) is 0 Å². The predicted molar refractivity (Wildman–Crippen MR) is 120 cm³/mol. The maximum atomic E-state index is 12.9. The average molecular weight is 493 g/mol. The van der Waals surface area contributed by atoms with Crippen molar-refractivity contribution in [3.05, 3.63) is 44.5 Å². The lowest BCUT2D eigenvalue weighted by molar-refractivity contribution is -0.146. The van der Waals surface area contributed by atoms with Crippen LogP contribution in [-0.2, 0) is 14.4 Å². The third-order valence-corrected chi connectivity index (χ3v) is 7.64. The summed E-state index contributed by atoms with van der Waals surface area (Å²) in [5, 5.41) is 25.4. The van der Waals surface area contributed by atoms with Crippen molar-refractivity contribution in [2.75, 3.05) is 5.73 Å². The molecule has 2 aromatic heterocycles. The number of aryl methyl sites for hydroxylation is 1. The molecule has 2 atom stereocenters. The summed E-state index contributed by atoms with van der Waals surface area (Å²) in [5.74, 6) is -2.36. The Labute approximate surface area is 193 Å². The summed E-state index contributed by atoms with van der Waals surface area (Å²) in [7, 11) is 0. The second kappa shape index (κ2) is 8.72. The van der Waals surface area contributed by atoms with E-state index in [1.54, 1.807) is 17.7 Å². The molecule has 4 heterocycles. The number of carboxylic acid groups (broad SMARTS) is 1. The molecule has 0 saturated carbocycles. The molecule has 1 fully saturated rings. The number of carbonyl (C=O) groups is 3. The molecule has 2 amide bonds. The third-order valence-electron chi connectivity index (χ3n) is 4.74. The number of nitrogens with two attached hydrogens (primary N) is 1. The summed E-state index contributed by atoms with van der Waals surface area (Å²) in [6, 6.07) is 0. The number of thioether (sulfide) groups is 1. The molecular formula is C18H16N6O5S3. The summed E-state index contributed by atoms with van der Waals surface area (Å²) in [6.45, 7) is 1.82. The predicted octanol–water partition coefficient (Wildman–Crippen LogP) is 1.47. The lowest BCUT2D eigenvalue weighted by Gasteiger charge is -2.46.